The van der Waals surface area contributed by atoms with Crippen molar-refractivity contribution in [1.29, 1.82) is 0 Å². The summed E-state index contributed by atoms with van der Waals surface area (Å²) in [6, 6.07) is 12.4. The van der Waals surface area contributed by atoms with Crippen LogP contribution in [0.15, 0.2) is 65.0 Å². The second-order valence-corrected chi connectivity index (χ2v) is 8.66. The third kappa shape index (κ3) is 4.35. The van der Waals surface area contributed by atoms with Gasteiger partial charge in [0.25, 0.3) is 0 Å². The SMILES string of the molecule is CCOC(=O)C1=C(C)NC2=C(C(=O)C[C@H](c3ccc(Cl)cc3)C2)[C@H]1c1ccc(O)c(OC)c1. The third-order valence-electron chi connectivity index (χ3n) is 6.20. The molecule has 0 saturated heterocycles. The number of allylic oxidation sites excluding steroid dienone is 3. The van der Waals surface area contributed by atoms with Crippen LogP contribution in [0.4, 0.5) is 0 Å². The van der Waals surface area contributed by atoms with Crippen LogP contribution < -0.4 is 10.1 Å². The topological polar surface area (TPSA) is 84.9 Å². The highest BCUT2D eigenvalue weighted by Gasteiger charge is 2.41. The zero-order valence-electron chi connectivity index (χ0n) is 18.8. The van der Waals surface area contributed by atoms with Crippen molar-refractivity contribution in [2.24, 2.45) is 0 Å². The molecule has 2 aromatic carbocycles. The number of ether oxygens (including phenoxy) is 2. The number of nitrogens with one attached hydrogen (secondary N) is 1. The van der Waals surface area contributed by atoms with Crippen molar-refractivity contribution >= 4 is 23.4 Å². The van der Waals surface area contributed by atoms with Crippen molar-refractivity contribution in [3.8, 4) is 11.5 Å². The van der Waals surface area contributed by atoms with E-state index in [1.807, 2.05) is 31.2 Å². The van der Waals surface area contributed by atoms with Crippen LogP contribution in [-0.4, -0.2) is 30.6 Å². The standard InChI is InChI=1S/C26H26ClNO5/c1-4-33-26(31)23-14(2)28-19-11-17(15-5-8-18(27)9-6-15)12-21(30)25(19)24(23)16-7-10-20(29)22(13-16)32-3/h5-10,13,17,24,28-29H,4,11-12H2,1-3H3/t17-,24+/m1/s1. The molecule has 1 aliphatic heterocycles. The van der Waals surface area contributed by atoms with Crippen LogP contribution in [0, 0.1) is 0 Å². The average Bonchev–Trinajstić information content (AvgIpc) is 2.79. The molecule has 0 spiro atoms. The fourth-order valence-corrected chi connectivity index (χ4v) is 4.82. The molecule has 4 rings (SSSR count). The van der Waals surface area contributed by atoms with Gasteiger partial charge in [-0.2, -0.15) is 0 Å². The molecular formula is C26H26ClNO5. The molecule has 0 saturated carbocycles. The Labute approximate surface area is 197 Å². The molecule has 0 amide bonds. The number of rotatable bonds is 5. The number of ketones is 1. The molecule has 7 heteroatoms. The molecule has 2 aromatic rings. The van der Waals surface area contributed by atoms with Crippen LogP contribution >= 0.6 is 11.6 Å². The van der Waals surface area contributed by atoms with Crippen molar-refractivity contribution in [2.45, 2.75) is 38.5 Å². The van der Waals surface area contributed by atoms with E-state index in [0.29, 0.717) is 40.3 Å². The lowest BCUT2D eigenvalue weighted by atomic mass is 9.71. The van der Waals surface area contributed by atoms with Crippen molar-refractivity contribution in [3.63, 3.8) is 0 Å². The largest absolute Gasteiger partial charge is 0.504 e. The van der Waals surface area contributed by atoms with Crippen molar-refractivity contribution < 1.29 is 24.2 Å². The van der Waals surface area contributed by atoms with E-state index in [1.165, 1.54) is 13.2 Å². The minimum atomic E-state index is -0.617. The Bertz CT molecular complexity index is 1170. The van der Waals surface area contributed by atoms with Crippen molar-refractivity contribution in [2.75, 3.05) is 13.7 Å². The molecule has 2 N–H and O–H groups in total. The van der Waals surface area contributed by atoms with Gasteiger partial charge in [-0.15, -0.1) is 0 Å². The van der Waals surface area contributed by atoms with Crippen LogP contribution in [0.5, 0.6) is 11.5 Å². The molecule has 2 aliphatic rings. The van der Waals surface area contributed by atoms with Crippen molar-refractivity contribution in [1.82, 2.24) is 5.32 Å². The molecule has 0 bridgehead atoms. The Kier molecular flexibility index (Phi) is 6.47. The lowest BCUT2D eigenvalue weighted by Crippen LogP contribution is -2.36. The molecule has 0 unspecified atom stereocenters. The summed E-state index contributed by atoms with van der Waals surface area (Å²) in [5.41, 5.74) is 4.12. The number of Topliss-reactive ketones (excluding diaryl/α,β-unsaturated/α-hetero) is 1. The number of phenolic OH excluding ortho intramolecular Hbond substituents is 1. The van der Waals surface area contributed by atoms with E-state index < -0.39 is 11.9 Å². The summed E-state index contributed by atoms with van der Waals surface area (Å²) in [5, 5.41) is 14.0. The fraction of sp³-hybridized carbons (Fsp3) is 0.308. The summed E-state index contributed by atoms with van der Waals surface area (Å²) in [7, 11) is 1.46. The number of methoxy groups -OCH3 is 1. The Balaban J connectivity index is 1.82. The lowest BCUT2D eigenvalue weighted by Gasteiger charge is -2.36. The number of aromatic hydroxyl groups is 1. The summed E-state index contributed by atoms with van der Waals surface area (Å²) >= 11 is 6.04. The van der Waals surface area contributed by atoms with Crippen LogP contribution in [0.1, 0.15) is 49.7 Å². The highest BCUT2D eigenvalue weighted by Crippen LogP contribution is 2.46. The summed E-state index contributed by atoms with van der Waals surface area (Å²) in [5.74, 6) is -0.855. The highest BCUT2D eigenvalue weighted by atomic mass is 35.5. The van der Waals surface area contributed by atoms with Gasteiger partial charge < -0.3 is 19.9 Å². The van der Waals surface area contributed by atoms with E-state index >= 15 is 0 Å². The summed E-state index contributed by atoms with van der Waals surface area (Å²) in [6.07, 6.45) is 0.949. The zero-order valence-corrected chi connectivity index (χ0v) is 19.5. The van der Waals surface area contributed by atoms with Crippen LogP contribution in [0.2, 0.25) is 5.02 Å². The van der Waals surface area contributed by atoms with E-state index in [9.17, 15) is 14.7 Å². The van der Waals surface area contributed by atoms with E-state index in [1.54, 1.807) is 19.1 Å². The molecule has 0 radical (unpaired) electrons. The normalized spacial score (nSPS) is 20.3. The first-order valence-corrected chi connectivity index (χ1v) is 11.2. The average molecular weight is 468 g/mol. The van der Waals surface area contributed by atoms with Gasteiger partial charge in [0, 0.05) is 34.3 Å². The van der Waals surface area contributed by atoms with Gasteiger partial charge in [-0.3, -0.25) is 4.79 Å². The number of benzene rings is 2. The van der Waals surface area contributed by atoms with Crippen molar-refractivity contribution in [3.05, 3.63) is 81.2 Å². The monoisotopic (exact) mass is 467 g/mol. The first-order chi connectivity index (χ1) is 15.8. The molecule has 0 fully saturated rings. The Morgan fingerprint density at radius 1 is 1.15 bits per heavy atom. The fourth-order valence-electron chi connectivity index (χ4n) is 4.70. The summed E-state index contributed by atoms with van der Waals surface area (Å²) in [6.45, 7) is 3.78. The number of halogens is 1. The maximum atomic E-state index is 13.5. The Morgan fingerprint density at radius 2 is 1.85 bits per heavy atom. The van der Waals surface area contributed by atoms with Crippen LogP contribution in [0.25, 0.3) is 0 Å². The van der Waals surface area contributed by atoms with E-state index in [0.717, 1.165) is 11.3 Å². The summed E-state index contributed by atoms with van der Waals surface area (Å²) < 4.78 is 10.6. The number of carbonyl (C=O) groups is 2. The maximum Gasteiger partial charge on any atom is 0.336 e. The minimum absolute atomic E-state index is 0.00737. The molecule has 172 valence electrons. The number of phenols is 1. The van der Waals surface area contributed by atoms with Gasteiger partial charge in [0.15, 0.2) is 17.3 Å². The first kappa shape index (κ1) is 22.9. The van der Waals surface area contributed by atoms with Gasteiger partial charge in [-0.25, -0.2) is 4.79 Å². The number of dihydropyridines is 1. The van der Waals surface area contributed by atoms with Crippen LogP contribution in [0.3, 0.4) is 0 Å². The van der Waals surface area contributed by atoms with Gasteiger partial charge in [0.1, 0.15) is 0 Å². The number of esters is 1. The van der Waals surface area contributed by atoms with Gasteiger partial charge in [0.2, 0.25) is 0 Å². The number of carbonyl (C=O) groups excluding carboxylic acids is 2. The van der Waals surface area contributed by atoms with Gasteiger partial charge in [-0.1, -0.05) is 29.8 Å². The second kappa shape index (κ2) is 9.32. The number of hydrogen-bond acceptors (Lipinski definition) is 6. The molecule has 2 atom stereocenters. The second-order valence-electron chi connectivity index (χ2n) is 8.22. The molecule has 0 aromatic heterocycles. The molecular weight excluding hydrogens is 442 g/mol. The van der Waals surface area contributed by atoms with E-state index in [2.05, 4.69) is 5.32 Å². The quantitative estimate of drug-likeness (QED) is 0.603. The van der Waals surface area contributed by atoms with E-state index in [-0.39, 0.29) is 29.8 Å². The number of hydrogen-bond donors (Lipinski definition) is 2. The molecule has 1 heterocycles. The van der Waals surface area contributed by atoms with Gasteiger partial charge >= 0.3 is 5.97 Å². The van der Waals surface area contributed by atoms with Gasteiger partial charge in [0.05, 0.1) is 19.3 Å². The van der Waals surface area contributed by atoms with Crippen LogP contribution in [-0.2, 0) is 14.3 Å². The lowest BCUT2D eigenvalue weighted by molar-refractivity contribution is -0.138. The first-order valence-electron chi connectivity index (χ1n) is 10.9. The zero-order chi connectivity index (χ0) is 23.7. The minimum Gasteiger partial charge on any atom is -0.504 e. The predicted molar refractivity (Wildman–Crippen MR) is 125 cm³/mol. The predicted octanol–water partition coefficient (Wildman–Crippen LogP) is 4.98. The van der Waals surface area contributed by atoms with E-state index in [4.69, 9.17) is 21.1 Å². The molecule has 33 heavy (non-hydrogen) atoms. The molecule has 1 aliphatic carbocycles. The summed E-state index contributed by atoms with van der Waals surface area (Å²) in [4.78, 5) is 26.5. The van der Waals surface area contributed by atoms with Gasteiger partial charge in [-0.05, 0) is 61.6 Å². The molecule has 6 nitrogen and oxygen atoms in total. The smallest absolute Gasteiger partial charge is 0.336 e. The third-order valence-corrected chi connectivity index (χ3v) is 6.45. The Morgan fingerprint density at radius 3 is 2.52 bits per heavy atom. The maximum absolute atomic E-state index is 13.5. The Hall–Kier alpha value is -3.25. The highest BCUT2D eigenvalue weighted by molar-refractivity contribution is 6.30.